The van der Waals surface area contributed by atoms with Crippen molar-refractivity contribution in [1.82, 2.24) is 29.7 Å². The zero-order valence-corrected chi connectivity index (χ0v) is 25.6. The van der Waals surface area contributed by atoms with Gasteiger partial charge in [0, 0.05) is 0 Å². The lowest BCUT2D eigenvalue weighted by atomic mass is 10.1. The number of carbonyl (C=O) groups excluding carboxylic acids is 1. The van der Waals surface area contributed by atoms with Gasteiger partial charge in [-0.2, -0.15) is 26.3 Å². The number of carbonyl (C=O) groups is 1. The number of esters is 1. The Balaban J connectivity index is 1.99. The van der Waals surface area contributed by atoms with Gasteiger partial charge in [-0.05, 0) is 38.0 Å². The molecular weight excluding hydrogens is 680 g/mol. The summed E-state index contributed by atoms with van der Waals surface area (Å²) in [5, 5.41) is 3.87. The van der Waals surface area contributed by atoms with Crippen LogP contribution in [-0.2, 0) is 25.4 Å². The maximum atomic E-state index is 14.3. The highest BCUT2D eigenvalue weighted by Gasteiger charge is 2.49. The van der Waals surface area contributed by atoms with Gasteiger partial charge in [-0.1, -0.05) is 19.1 Å². The van der Waals surface area contributed by atoms with Crippen LogP contribution in [0.3, 0.4) is 0 Å². The number of hydrogen-bond acceptors (Lipinski definition) is 9. The van der Waals surface area contributed by atoms with Gasteiger partial charge in [-0.15, -0.1) is 13.2 Å². The van der Waals surface area contributed by atoms with Gasteiger partial charge in [-0.25, -0.2) is 25.1 Å². The molecule has 0 aliphatic heterocycles. The number of nitrogen functional groups attached to an aromatic ring is 1. The minimum absolute atomic E-state index is 0.0468. The van der Waals surface area contributed by atoms with Crippen molar-refractivity contribution >= 4 is 30.4 Å². The lowest BCUT2D eigenvalue weighted by molar-refractivity contribution is -0.274. The summed E-state index contributed by atoms with van der Waals surface area (Å²) < 4.78 is 152. The predicted octanol–water partition coefficient (Wildman–Crippen LogP) is 5.62. The van der Waals surface area contributed by atoms with E-state index in [-0.39, 0.29) is 23.6 Å². The Kier molecular flexibility index (Phi) is 11.4. The van der Waals surface area contributed by atoms with Gasteiger partial charge in [0.05, 0.1) is 19.5 Å². The number of halogens is 9. The summed E-state index contributed by atoms with van der Waals surface area (Å²) in [4.78, 5) is 24.0. The largest absolute Gasteiger partial charge is 0.573 e. The summed E-state index contributed by atoms with van der Waals surface area (Å²) in [6.07, 6.45) is -17.8. The predicted molar refractivity (Wildman–Crippen MR) is 147 cm³/mol. The third-order valence-corrected chi connectivity index (χ3v) is 8.24. The lowest BCUT2D eigenvalue weighted by Crippen LogP contribution is -2.50. The standard InChI is InChI=1S/C25H29F9N7O5P/c1-4-9-44-21(42)22(2,3)40-47(43,39-18(24(29,30)31)14-5-7-15(8-6-14)46-25(32,33)34)13-45-16(23(26,27)28)10-41-12-38-17-19(35)36-11-37-20(17)41/h5-8,11-12,16,18H,4,9-10,13H2,1-3H3,(H2,35,36,37)(H2,39,40,43)/t16-,18-,47+/m1/s1. The maximum absolute atomic E-state index is 14.3. The molecule has 3 aromatic rings. The summed E-state index contributed by atoms with van der Waals surface area (Å²) >= 11 is 0. The molecular formula is C25H29F9N7O5P. The molecule has 0 spiro atoms. The van der Waals surface area contributed by atoms with E-state index in [9.17, 15) is 48.9 Å². The Labute approximate surface area is 260 Å². The smallest absolute Gasteiger partial charge is 0.464 e. The van der Waals surface area contributed by atoms with Gasteiger partial charge in [-0.3, -0.25) is 9.36 Å². The molecule has 0 saturated heterocycles. The zero-order chi connectivity index (χ0) is 35.4. The molecule has 2 aromatic heterocycles. The van der Waals surface area contributed by atoms with Crippen LogP contribution in [0.25, 0.3) is 11.2 Å². The van der Waals surface area contributed by atoms with Crippen molar-refractivity contribution in [3.05, 3.63) is 42.5 Å². The lowest BCUT2D eigenvalue weighted by Gasteiger charge is -2.34. The number of alkyl halides is 9. The van der Waals surface area contributed by atoms with Crippen molar-refractivity contribution in [2.75, 3.05) is 18.7 Å². The molecule has 0 radical (unpaired) electrons. The third-order valence-electron chi connectivity index (χ3n) is 6.13. The summed E-state index contributed by atoms with van der Waals surface area (Å²) in [6, 6.07) is -0.693. The third kappa shape index (κ3) is 10.4. The first-order valence-corrected chi connectivity index (χ1v) is 15.3. The number of ether oxygens (including phenoxy) is 3. The van der Waals surface area contributed by atoms with Crippen LogP contribution in [0.15, 0.2) is 36.9 Å². The van der Waals surface area contributed by atoms with Crippen molar-refractivity contribution in [3.8, 4) is 5.75 Å². The van der Waals surface area contributed by atoms with E-state index in [0.29, 0.717) is 30.7 Å². The van der Waals surface area contributed by atoms with E-state index in [1.165, 1.54) is 0 Å². The van der Waals surface area contributed by atoms with E-state index < -0.39 is 74.0 Å². The van der Waals surface area contributed by atoms with Crippen LogP contribution in [0.4, 0.5) is 45.3 Å². The average Bonchev–Trinajstić information content (AvgIpc) is 3.35. The van der Waals surface area contributed by atoms with E-state index in [1.807, 2.05) is 0 Å². The molecule has 3 atom stereocenters. The number of aromatic nitrogens is 4. The number of rotatable bonds is 14. The van der Waals surface area contributed by atoms with Crippen LogP contribution < -0.4 is 20.6 Å². The highest BCUT2D eigenvalue weighted by Crippen LogP contribution is 2.47. The van der Waals surface area contributed by atoms with Crippen molar-refractivity contribution < 1.29 is 63.1 Å². The molecule has 0 aliphatic rings. The van der Waals surface area contributed by atoms with E-state index in [0.717, 1.165) is 31.1 Å². The van der Waals surface area contributed by atoms with E-state index in [1.54, 1.807) is 12.0 Å². The first-order valence-electron chi connectivity index (χ1n) is 13.4. The summed E-state index contributed by atoms with van der Waals surface area (Å²) in [5.41, 5.74) is 2.63. The van der Waals surface area contributed by atoms with Crippen molar-refractivity contribution in [2.24, 2.45) is 0 Å². The fraction of sp³-hybridized carbons (Fsp3) is 0.520. The zero-order valence-electron chi connectivity index (χ0n) is 24.7. The van der Waals surface area contributed by atoms with Crippen molar-refractivity contribution in [2.45, 2.75) is 70.1 Å². The van der Waals surface area contributed by atoms with Crippen molar-refractivity contribution in [3.63, 3.8) is 0 Å². The van der Waals surface area contributed by atoms with Crippen LogP contribution in [0.2, 0.25) is 0 Å². The summed E-state index contributed by atoms with van der Waals surface area (Å²) in [5.74, 6) is -2.13. The molecule has 3 rings (SSSR count). The van der Waals surface area contributed by atoms with E-state index in [4.69, 9.17) is 15.2 Å². The SMILES string of the molecule is CCCOC(=O)C(C)(C)N[P@](=O)(CO[C@H](Cn1cnc2c(N)ncnc21)C(F)(F)F)N[C@H](c1ccc(OC(F)(F)F)cc1)C(F)(F)F. The molecule has 0 unspecified atom stereocenters. The van der Waals surface area contributed by atoms with Crippen molar-refractivity contribution in [1.29, 1.82) is 0 Å². The van der Waals surface area contributed by atoms with E-state index >= 15 is 0 Å². The first kappa shape index (κ1) is 37.8. The van der Waals surface area contributed by atoms with Gasteiger partial charge in [0.2, 0.25) is 7.44 Å². The molecule has 0 amide bonds. The minimum atomic E-state index is -5.32. The second-order valence-corrected chi connectivity index (χ2v) is 12.7. The van der Waals surface area contributed by atoms with Gasteiger partial charge >= 0.3 is 24.7 Å². The number of nitrogens with zero attached hydrogens (tertiary/aromatic N) is 4. The molecule has 0 saturated carbocycles. The highest BCUT2D eigenvalue weighted by atomic mass is 31.2. The second kappa shape index (κ2) is 14.2. The van der Waals surface area contributed by atoms with Gasteiger partial charge in [0.1, 0.15) is 35.5 Å². The monoisotopic (exact) mass is 709 g/mol. The number of hydrogen-bond donors (Lipinski definition) is 3. The minimum Gasteiger partial charge on any atom is -0.464 e. The second-order valence-electron chi connectivity index (χ2n) is 10.5. The molecule has 12 nitrogen and oxygen atoms in total. The first-order chi connectivity index (χ1) is 21.5. The average molecular weight is 710 g/mol. The number of nitrogens with two attached hydrogens (primary N) is 1. The van der Waals surface area contributed by atoms with Crippen LogP contribution in [0.1, 0.15) is 38.8 Å². The fourth-order valence-corrected chi connectivity index (χ4v) is 6.34. The number of anilines is 1. The quantitative estimate of drug-likeness (QED) is 0.109. The van der Waals surface area contributed by atoms with Gasteiger partial charge in [0.15, 0.2) is 17.6 Å². The molecule has 47 heavy (non-hydrogen) atoms. The maximum Gasteiger partial charge on any atom is 0.573 e. The Hall–Kier alpha value is -3.68. The Morgan fingerprint density at radius 2 is 1.64 bits per heavy atom. The van der Waals surface area contributed by atoms with E-state index in [2.05, 4.69) is 24.8 Å². The molecule has 262 valence electrons. The number of nitrogens with one attached hydrogen (secondary N) is 2. The van der Waals surface area contributed by atoms with Crippen LogP contribution >= 0.6 is 7.44 Å². The molecule has 4 N–H and O–H groups in total. The van der Waals surface area contributed by atoms with Crippen LogP contribution in [-0.4, -0.2) is 68.8 Å². The topological polar surface area (TPSA) is 156 Å². The number of fused-ring (bicyclic) bond motifs is 1. The molecule has 22 heteroatoms. The fourth-order valence-electron chi connectivity index (χ4n) is 4.04. The molecule has 0 fully saturated rings. The van der Waals surface area contributed by atoms with Crippen LogP contribution in [0, 0.1) is 0 Å². The normalized spacial score (nSPS) is 15.7. The Morgan fingerprint density at radius 1 is 1.00 bits per heavy atom. The Bertz CT molecular complexity index is 1560. The number of imidazole rings is 1. The molecule has 0 aliphatic carbocycles. The summed E-state index contributed by atoms with van der Waals surface area (Å²) in [7, 11) is -5.08. The highest BCUT2D eigenvalue weighted by molar-refractivity contribution is 7.59. The Morgan fingerprint density at radius 3 is 2.19 bits per heavy atom. The summed E-state index contributed by atoms with van der Waals surface area (Å²) in [6.45, 7) is 2.55. The molecule has 2 heterocycles. The van der Waals surface area contributed by atoms with Gasteiger partial charge in [0.25, 0.3) is 0 Å². The molecule has 1 aromatic carbocycles. The molecule has 0 bridgehead atoms. The van der Waals surface area contributed by atoms with Crippen LogP contribution in [0.5, 0.6) is 5.75 Å². The van der Waals surface area contributed by atoms with Gasteiger partial charge < -0.3 is 24.5 Å². The number of benzene rings is 1.